The minimum absolute atomic E-state index is 0. The molecule has 0 unspecified atom stereocenters. The summed E-state index contributed by atoms with van der Waals surface area (Å²) in [6, 6.07) is 6.98. The molecule has 1 aromatic rings. The number of benzene rings is 1. The zero-order valence-electron chi connectivity index (χ0n) is 9.15. The summed E-state index contributed by atoms with van der Waals surface area (Å²) in [5.41, 5.74) is 0.724. The molecule has 1 rings (SSSR count). The number of nitrogens with one attached hydrogen (secondary N) is 1. The molecule has 101 valence electrons. The average molecular weight is 357 g/mol. The second-order valence-electron chi connectivity index (χ2n) is 2.62. The molecule has 0 heterocycles. The summed E-state index contributed by atoms with van der Waals surface area (Å²) in [7, 11) is 2.97. The third-order valence-corrected chi connectivity index (χ3v) is 2.18. The van der Waals surface area contributed by atoms with Gasteiger partial charge in [0, 0.05) is 17.2 Å². The largest absolute Gasteiger partial charge is 2.00 e. The Hall–Kier alpha value is -0.631. The van der Waals surface area contributed by atoms with E-state index in [1.807, 2.05) is 12.1 Å². The summed E-state index contributed by atoms with van der Waals surface area (Å²) in [4.78, 5) is 16.0. The first kappa shape index (κ1) is 21.6. The maximum Gasteiger partial charge on any atom is 2.00 e. The second-order valence-corrected chi connectivity index (χ2v) is 3.53. The van der Waals surface area contributed by atoms with Crippen LogP contribution in [-0.2, 0) is 21.9 Å². The van der Waals surface area contributed by atoms with E-state index in [0.717, 1.165) is 15.2 Å². The van der Waals surface area contributed by atoms with E-state index in [9.17, 15) is 4.79 Å². The number of hydroxylamine groups is 2. The summed E-state index contributed by atoms with van der Waals surface area (Å²) in [5, 5.41) is 3.77. The van der Waals surface area contributed by atoms with Crippen LogP contribution in [0.25, 0.3) is 0 Å². The quantitative estimate of drug-likeness (QED) is 0.647. The number of urea groups is 1. The summed E-state index contributed by atoms with van der Waals surface area (Å²) in [6.07, 6.45) is 0. The van der Waals surface area contributed by atoms with Crippen LogP contribution >= 0.6 is 15.9 Å². The van der Waals surface area contributed by atoms with Crippen LogP contribution in [0.4, 0.5) is 10.5 Å². The van der Waals surface area contributed by atoms with Gasteiger partial charge in [-0.2, -0.15) is 0 Å². The third kappa shape index (κ3) is 7.32. The van der Waals surface area contributed by atoms with Crippen molar-refractivity contribution in [1.29, 1.82) is 0 Å². The molecule has 3 N–H and O–H groups in total. The van der Waals surface area contributed by atoms with Gasteiger partial charge in [-0.25, -0.2) is 9.86 Å². The molecule has 6 nitrogen and oxygen atoms in total. The van der Waals surface area contributed by atoms with Crippen LogP contribution in [0, 0.1) is 0 Å². The number of hydrogen-bond acceptors (Lipinski definition) is 4. The molecule has 0 saturated heterocycles. The van der Waals surface area contributed by atoms with E-state index in [1.165, 1.54) is 14.2 Å². The predicted molar refractivity (Wildman–Crippen MR) is 61.8 cm³/mol. The Morgan fingerprint density at radius 3 is 2.18 bits per heavy atom. The number of anilines is 1. The maximum atomic E-state index is 11.3. The van der Waals surface area contributed by atoms with Gasteiger partial charge in [0.1, 0.15) is 0 Å². The van der Waals surface area contributed by atoms with Gasteiger partial charge in [-0.3, -0.25) is 4.84 Å². The molecule has 0 aliphatic rings. The van der Waals surface area contributed by atoms with E-state index in [-0.39, 0.29) is 34.1 Å². The third-order valence-electron chi connectivity index (χ3n) is 1.66. The Labute approximate surface area is 118 Å². The number of nitrogens with zero attached hydrogens (tertiary/aromatic N) is 1. The van der Waals surface area contributed by atoms with Crippen molar-refractivity contribution in [3.63, 3.8) is 0 Å². The van der Waals surface area contributed by atoms with Crippen LogP contribution in [0.15, 0.2) is 28.7 Å². The molecule has 2 amide bonds. The Kier molecular flexibility index (Phi) is 13.4. The normalized spacial score (nSPS) is 7.94. The summed E-state index contributed by atoms with van der Waals surface area (Å²) >= 11 is 3.31. The van der Waals surface area contributed by atoms with Crippen LogP contribution in [0.1, 0.15) is 0 Å². The van der Waals surface area contributed by atoms with Crippen molar-refractivity contribution in [3.8, 4) is 0 Å². The SMILES string of the molecule is CON(C)C(=O)Nc1ccc(Br)cc1.[Cu+2].[OH-].[OH-]. The first-order valence-corrected chi connectivity index (χ1v) is 4.77. The first-order valence-electron chi connectivity index (χ1n) is 3.98. The molecule has 0 aliphatic heterocycles. The molecule has 17 heavy (non-hydrogen) atoms. The number of carbonyl (C=O) groups is 1. The first-order chi connectivity index (χ1) is 6.63. The fourth-order valence-electron chi connectivity index (χ4n) is 0.818. The van der Waals surface area contributed by atoms with Gasteiger partial charge in [0.2, 0.25) is 0 Å². The second kappa shape index (κ2) is 10.5. The van der Waals surface area contributed by atoms with Crippen LogP contribution in [-0.4, -0.2) is 36.2 Å². The van der Waals surface area contributed by atoms with Gasteiger partial charge in [0.15, 0.2) is 0 Å². The van der Waals surface area contributed by atoms with E-state index in [1.54, 1.807) is 12.1 Å². The predicted octanol–water partition coefficient (Wildman–Crippen LogP) is 2.12. The summed E-state index contributed by atoms with van der Waals surface area (Å²) < 4.78 is 0.968. The van der Waals surface area contributed by atoms with Gasteiger partial charge >= 0.3 is 23.1 Å². The number of halogens is 1. The Bertz CT molecular complexity index is 323. The van der Waals surface area contributed by atoms with E-state index >= 15 is 0 Å². The molecule has 0 spiro atoms. The number of carbonyl (C=O) groups excluding carboxylic acids is 1. The van der Waals surface area contributed by atoms with E-state index < -0.39 is 0 Å². The monoisotopic (exact) mass is 355 g/mol. The maximum absolute atomic E-state index is 11.3. The van der Waals surface area contributed by atoms with Gasteiger partial charge in [-0.15, -0.1) is 0 Å². The van der Waals surface area contributed by atoms with Crippen molar-refractivity contribution in [1.82, 2.24) is 5.06 Å². The molecule has 0 fully saturated rings. The standard InChI is InChI=1S/C9H11BrN2O2.Cu.2H2O/c1-12(14-2)9(13)11-8-5-3-7(10)4-6-8;;;/h3-6H,1-2H3,(H,11,13);;2*1H2/q;+2;;/p-2. The van der Waals surface area contributed by atoms with Crippen molar-refractivity contribution in [2.45, 2.75) is 0 Å². The smallest absolute Gasteiger partial charge is 0.870 e. The van der Waals surface area contributed by atoms with Crippen molar-refractivity contribution in [2.75, 3.05) is 19.5 Å². The van der Waals surface area contributed by atoms with E-state index in [0.29, 0.717) is 0 Å². The Morgan fingerprint density at radius 1 is 1.29 bits per heavy atom. The van der Waals surface area contributed by atoms with Gasteiger partial charge < -0.3 is 16.3 Å². The minimum atomic E-state index is -0.310. The van der Waals surface area contributed by atoms with Crippen molar-refractivity contribution in [2.24, 2.45) is 0 Å². The van der Waals surface area contributed by atoms with Gasteiger partial charge in [-0.05, 0) is 24.3 Å². The van der Waals surface area contributed by atoms with Crippen LogP contribution < -0.4 is 5.32 Å². The topological polar surface area (TPSA) is 102 Å². The van der Waals surface area contributed by atoms with Gasteiger partial charge in [-0.1, -0.05) is 15.9 Å². The zero-order valence-corrected chi connectivity index (χ0v) is 11.7. The average Bonchev–Trinajstić information content (AvgIpc) is 2.20. The Balaban J connectivity index is -0.000000653. The van der Waals surface area contributed by atoms with Crippen molar-refractivity contribution >= 4 is 27.6 Å². The van der Waals surface area contributed by atoms with Crippen LogP contribution in [0.2, 0.25) is 0 Å². The Morgan fingerprint density at radius 2 is 1.76 bits per heavy atom. The molecular weight excluding hydrogens is 344 g/mol. The number of amides is 2. The van der Waals surface area contributed by atoms with E-state index in [4.69, 9.17) is 4.84 Å². The molecule has 8 heteroatoms. The molecular formula is C9H13BrCuN2O4. The van der Waals surface area contributed by atoms with Crippen molar-refractivity contribution < 1.29 is 37.7 Å². The minimum Gasteiger partial charge on any atom is -0.870 e. The fraction of sp³-hybridized carbons (Fsp3) is 0.222. The fourth-order valence-corrected chi connectivity index (χ4v) is 1.08. The molecule has 0 atom stereocenters. The molecule has 0 saturated carbocycles. The number of rotatable bonds is 2. The molecule has 0 bridgehead atoms. The van der Waals surface area contributed by atoms with Crippen molar-refractivity contribution in [3.05, 3.63) is 28.7 Å². The van der Waals surface area contributed by atoms with Gasteiger partial charge in [0.05, 0.1) is 7.11 Å². The molecule has 1 aromatic carbocycles. The molecule has 0 aliphatic carbocycles. The van der Waals surface area contributed by atoms with Gasteiger partial charge in [0.25, 0.3) is 0 Å². The molecule has 1 radical (unpaired) electrons. The zero-order chi connectivity index (χ0) is 10.6. The number of hydrogen-bond donors (Lipinski definition) is 1. The summed E-state index contributed by atoms with van der Waals surface area (Å²) in [6.45, 7) is 0. The van der Waals surface area contributed by atoms with Crippen LogP contribution in [0.5, 0.6) is 0 Å². The summed E-state index contributed by atoms with van der Waals surface area (Å²) in [5.74, 6) is 0. The van der Waals surface area contributed by atoms with Crippen LogP contribution in [0.3, 0.4) is 0 Å². The van der Waals surface area contributed by atoms with E-state index in [2.05, 4.69) is 21.2 Å². The molecule has 0 aromatic heterocycles.